The fourth-order valence-corrected chi connectivity index (χ4v) is 4.99. The SMILES string of the molecule is CNS(=O)(=O)Cc1ccccc1CNC(=O)c1ccc2[nH]c3c(c2c1)C[C@H](C)CC3. The molecule has 1 aliphatic carbocycles. The van der Waals surface area contributed by atoms with Crippen LogP contribution in [0.3, 0.4) is 0 Å². The molecule has 1 aromatic heterocycles. The Hall–Kier alpha value is -2.64. The summed E-state index contributed by atoms with van der Waals surface area (Å²) in [7, 11) is -1.98. The molecule has 4 rings (SSSR count). The molecule has 158 valence electrons. The second-order valence-electron chi connectivity index (χ2n) is 8.11. The maximum atomic E-state index is 12.8. The zero-order chi connectivity index (χ0) is 21.3. The Morgan fingerprint density at radius 2 is 1.93 bits per heavy atom. The van der Waals surface area contributed by atoms with Gasteiger partial charge in [-0.1, -0.05) is 31.2 Å². The summed E-state index contributed by atoms with van der Waals surface area (Å²) in [4.78, 5) is 16.3. The molecule has 0 bridgehead atoms. The molecule has 0 unspecified atom stereocenters. The first-order chi connectivity index (χ1) is 14.4. The van der Waals surface area contributed by atoms with E-state index in [1.54, 1.807) is 12.1 Å². The number of fused-ring (bicyclic) bond motifs is 3. The third-order valence-electron chi connectivity index (χ3n) is 5.91. The van der Waals surface area contributed by atoms with Crippen LogP contribution in [0.15, 0.2) is 42.5 Å². The molecule has 0 spiro atoms. The number of hydrogen-bond donors (Lipinski definition) is 3. The number of hydrogen-bond acceptors (Lipinski definition) is 3. The normalized spacial score (nSPS) is 16.4. The van der Waals surface area contributed by atoms with Gasteiger partial charge in [0.15, 0.2) is 0 Å². The average molecular weight is 426 g/mol. The highest BCUT2D eigenvalue weighted by molar-refractivity contribution is 7.88. The van der Waals surface area contributed by atoms with E-state index >= 15 is 0 Å². The molecule has 30 heavy (non-hydrogen) atoms. The Kier molecular flexibility index (Phi) is 5.66. The van der Waals surface area contributed by atoms with Gasteiger partial charge < -0.3 is 10.3 Å². The lowest BCUT2D eigenvalue weighted by atomic mass is 9.87. The number of benzene rings is 2. The van der Waals surface area contributed by atoms with Gasteiger partial charge in [-0.25, -0.2) is 13.1 Å². The summed E-state index contributed by atoms with van der Waals surface area (Å²) in [5.74, 6) is 0.371. The highest BCUT2D eigenvalue weighted by Crippen LogP contribution is 2.32. The van der Waals surface area contributed by atoms with Crippen LogP contribution in [0, 0.1) is 5.92 Å². The molecule has 1 aliphatic rings. The zero-order valence-electron chi connectivity index (χ0n) is 17.3. The molecule has 0 saturated carbocycles. The molecule has 0 radical (unpaired) electrons. The van der Waals surface area contributed by atoms with Gasteiger partial charge in [-0.2, -0.15) is 0 Å². The van der Waals surface area contributed by atoms with E-state index in [0.717, 1.165) is 29.3 Å². The Morgan fingerprint density at radius 3 is 2.70 bits per heavy atom. The number of carbonyl (C=O) groups excluding carboxylic acids is 1. The summed E-state index contributed by atoms with van der Waals surface area (Å²) in [6.45, 7) is 2.54. The molecule has 7 heteroatoms. The predicted octanol–water partition coefficient (Wildman–Crippen LogP) is 3.27. The van der Waals surface area contributed by atoms with Crippen molar-refractivity contribution >= 4 is 26.8 Å². The number of sulfonamides is 1. The summed E-state index contributed by atoms with van der Waals surface area (Å²) >= 11 is 0. The summed E-state index contributed by atoms with van der Waals surface area (Å²) in [6, 6.07) is 13.0. The summed E-state index contributed by atoms with van der Waals surface area (Å²) in [5, 5.41) is 4.07. The van der Waals surface area contributed by atoms with E-state index < -0.39 is 10.0 Å². The monoisotopic (exact) mass is 425 g/mol. The largest absolute Gasteiger partial charge is 0.358 e. The average Bonchev–Trinajstić information content (AvgIpc) is 3.09. The summed E-state index contributed by atoms with van der Waals surface area (Å²) in [5.41, 5.74) is 5.78. The number of nitrogens with one attached hydrogen (secondary N) is 3. The van der Waals surface area contributed by atoms with Crippen molar-refractivity contribution in [2.75, 3.05) is 7.05 Å². The first kappa shape index (κ1) is 20.6. The summed E-state index contributed by atoms with van der Waals surface area (Å²) in [6.07, 6.45) is 3.28. The molecular weight excluding hydrogens is 398 g/mol. The van der Waals surface area contributed by atoms with E-state index in [1.807, 2.05) is 30.3 Å². The van der Waals surface area contributed by atoms with Crippen molar-refractivity contribution in [1.29, 1.82) is 0 Å². The van der Waals surface area contributed by atoms with E-state index in [0.29, 0.717) is 17.0 Å². The molecule has 1 atom stereocenters. The third kappa shape index (κ3) is 4.27. The van der Waals surface area contributed by atoms with E-state index in [4.69, 9.17) is 0 Å². The number of aryl methyl sites for hydroxylation is 1. The van der Waals surface area contributed by atoms with Crippen LogP contribution in [0.1, 0.15) is 46.1 Å². The Bertz CT molecular complexity index is 1200. The molecule has 0 fully saturated rings. The Morgan fingerprint density at radius 1 is 1.17 bits per heavy atom. The number of aromatic nitrogens is 1. The number of aromatic amines is 1. The molecule has 3 N–H and O–H groups in total. The molecule has 2 aromatic carbocycles. The van der Waals surface area contributed by atoms with Crippen molar-refractivity contribution in [3.8, 4) is 0 Å². The fraction of sp³-hybridized carbons (Fsp3) is 0.348. The maximum Gasteiger partial charge on any atom is 0.251 e. The van der Waals surface area contributed by atoms with Gasteiger partial charge in [0.25, 0.3) is 5.91 Å². The van der Waals surface area contributed by atoms with E-state index in [2.05, 4.69) is 21.9 Å². The number of amides is 1. The minimum atomic E-state index is -3.38. The minimum Gasteiger partial charge on any atom is -0.358 e. The number of carbonyl (C=O) groups is 1. The lowest BCUT2D eigenvalue weighted by Gasteiger charge is -2.18. The molecular formula is C23H27N3O3S. The standard InChI is InChI=1S/C23H27N3O3S/c1-15-7-9-21-19(11-15)20-12-16(8-10-22(20)26-21)23(27)25-13-17-5-3-4-6-18(17)14-30(28,29)24-2/h3-6,8,10,12,15,24,26H,7,9,11,13-14H2,1-2H3,(H,25,27)/t15-/m1/s1. The van der Waals surface area contributed by atoms with Crippen molar-refractivity contribution in [2.45, 2.75) is 38.5 Å². The topological polar surface area (TPSA) is 91.1 Å². The van der Waals surface area contributed by atoms with E-state index in [-0.39, 0.29) is 18.2 Å². The van der Waals surface area contributed by atoms with E-state index in [1.165, 1.54) is 24.7 Å². The first-order valence-corrected chi connectivity index (χ1v) is 11.9. The second-order valence-corrected chi connectivity index (χ2v) is 10.0. The van der Waals surface area contributed by atoms with Gasteiger partial charge in [0.1, 0.15) is 0 Å². The third-order valence-corrected chi connectivity index (χ3v) is 7.22. The lowest BCUT2D eigenvalue weighted by molar-refractivity contribution is 0.0951. The predicted molar refractivity (Wildman–Crippen MR) is 119 cm³/mol. The molecule has 1 heterocycles. The number of rotatable bonds is 6. The minimum absolute atomic E-state index is 0.116. The zero-order valence-corrected chi connectivity index (χ0v) is 18.1. The van der Waals surface area contributed by atoms with Crippen LogP contribution < -0.4 is 10.0 Å². The first-order valence-electron chi connectivity index (χ1n) is 10.3. The van der Waals surface area contributed by atoms with Crippen molar-refractivity contribution in [2.24, 2.45) is 5.92 Å². The second kappa shape index (κ2) is 8.24. The lowest BCUT2D eigenvalue weighted by Crippen LogP contribution is -2.25. The van der Waals surface area contributed by atoms with Gasteiger partial charge in [0.05, 0.1) is 5.75 Å². The van der Waals surface area contributed by atoms with Crippen molar-refractivity contribution < 1.29 is 13.2 Å². The van der Waals surface area contributed by atoms with Gasteiger partial charge >= 0.3 is 0 Å². The summed E-state index contributed by atoms with van der Waals surface area (Å²) < 4.78 is 26.2. The van der Waals surface area contributed by atoms with Crippen LogP contribution in [0.4, 0.5) is 0 Å². The fourth-order valence-electron chi connectivity index (χ4n) is 4.16. The maximum absolute atomic E-state index is 12.8. The van der Waals surface area contributed by atoms with Gasteiger partial charge in [0.2, 0.25) is 10.0 Å². The smallest absolute Gasteiger partial charge is 0.251 e. The quantitative estimate of drug-likeness (QED) is 0.566. The van der Waals surface area contributed by atoms with E-state index in [9.17, 15) is 13.2 Å². The Labute approximate surface area is 177 Å². The van der Waals surface area contributed by atoms with Crippen LogP contribution >= 0.6 is 0 Å². The highest BCUT2D eigenvalue weighted by atomic mass is 32.2. The van der Waals surface area contributed by atoms with Crippen molar-refractivity contribution in [1.82, 2.24) is 15.0 Å². The van der Waals surface area contributed by atoms with Gasteiger partial charge in [-0.15, -0.1) is 0 Å². The Balaban J connectivity index is 1.53. The van der Waals surface area contributed by atoms with Crippen LogP contribution in [0.25, 0.3) is 10.9 Å². The van der Waals surface area contributed by atoms with Gasteiger partial charge in [0, 0.05) is 28.7 Å². The van der Waals surface area contributed by atoms with Gasteiger partial charge in [-0.3, -0.25) is 4.79 Å². The molecule has 3 aromatic rings. The molecule has 1 amide bonds. The van der Waals surface area contributed by atoms with Crippen LogP contribution in [-0.4, -0.2) is 26.4 Å². The molecule has 0 saturated heterocycles. The van der Waals surface area contributed by atoms with Crippen molar-refractivity contribution in [3.63, 3.8) is 0 Å². The van der Waals surface area contributed by atoms with Gasteiger partial charge in [-0.05, 0) is 67.1 Å². The van der Waals surface area contributed by atoms with Crippen molar-refractivity contribution in [3.05, 3.63) is 70.4 Å². The number of H-pyrrole nitrogens is 1. The van der Waals surface area contributed by atoms with Crippen LogP contribution in [-0.2, 0) is 35.2 Å². The van der Waals surface area contributed by atoms with Crippen LogP contribution in [0.2, 0.25) is 0 Å². The van der Waals surface area contributed by atoms with Crippen LogP contribution in [0.5, 0.6) is 0 Å². The molecule has 0 aliphatic heterocycles. The molecule has 6 nitrogen and oxygen atoms in total. The highest BCUT2D eigenvalue weighted by Gasteiger charge is 2.20.